The van der Waals surface area contributed by atoms with E-state index in [9.17, 15) is 24.7 Å². The predicted molar refractivity (Wildman–Crippen MR) is 253 cm³/mol. The van der Waals surface area contributed by atoms with Crippen LogP contribution in [-0.2, 0) is 16.1 Å². The maximum atomic E-state index is 15.2. The molecule has 4 aromatic rings. The molecule has 358 valence electrons. The summed E-state index contributed by atoms with van der Waals surface area (Å²) in [7, 11) is 3.02. The summed E-state index contributed by atoms with van der Waals surface area (Å²) in [6.45, 7) is 6.22. The summed E-state index contributed by atoms with van der Waals surface area (Å²) in [5, 5.41) is 37.1. The first-order chi connectivity index (χ1) is 33.1. The van der Waals surface area contributed by atoms with Gasteiger partial charge in [0.25, 0.3) is 5.91 Å². The number of carbonyl (C=O) groups excluding carboxylic acids is 2. The first kappa shape index (κ1) is 49.2. The molecule has 6 atom stereocenters. The molecule has 14 nitrogen and oxygen atoms in total. The van der Waals surface area contributed by atoms with Gasteiger partial charge in [-0.05, 0) is 122 Å². The van der Waals surface area contributed by atoms with Crippen molar-refractivity contribution >= 4 is 23.4 Å². The molecule has 0 spiro atoms. The molecule has 0 saturated heterocycles. The number of benzene rings is 4. The van der Waals surface area contributed by atoms with E-state index >= 15 is 4.79 Å². The summed E-state index contributed by atoms with van der Waals surface area (Å²) in [5.41, 5.74) is 3.87. The number of rotatable bonds is 21. The minimum absolute atomic E-state index is 0.0122. The number of fused-ring (bicyclic) bond motifs is 2. The van der Waals surface area contributed by atoms with Crippen molar-refractivity contribution in [3.63, 3.8) is 0 Å². The Labute approximate surface area is 396 Å². The maximum absolute atomic E-state index is 15.2. The Balaban J connectivity index is 1.43. The highest BCUT2D eigenvalue weighted by Crippen LogP contribution is 2.62. The van der Waals surface area contributed by atoms with Crippen LogP contribution in [0.5, 0.6) is 23.0 Å². The number of oxime groups is 1. The average Bonchev–Trinajstić information content (AvgIpc) is 3.36. The number of nitrogens with one attached hydrogen (secondary N) is 1. The van der Waals surface area contributed by atoms with E-state index in [1.807, 2.05) is 13.0 Å². The smallest absolute Gasteiger partial charge is 0.417 e. The summed E-state index contributed by atoms with van der Waals surface area (Å²) in [6, 6.07) is 23.7. The third kappa shape index (κ3) is 10.7. The van der Waals surface area contributed by atoms with Crippen LogP contribution in [0.1, 0.15) is 84.8 Å². The predicted octanol–water partition coefficient (Wildman–Crippen LogP) is 9.32. The van der Waals surface area contributed by atoms with Crippen molar-refractivity contribution in [2.24, 2.45) is 22.9 Å². The van der Waals surface area contributed by atoms with E-state index in [1.54, 1.807) is 77.7 Å². The molecule has 1 heterocycles. The minimum atomic E-state index is -1.61. The molecule has 15 heteroatoms. The van der Waals surface area contributed by atoms with Crippen molar-refractivity contribution in [2.75, 3.05) is 46.0 Å². The van der Waals surface area contributed by atoms with Gasteiger partial charge < -0.3 is 43.6 Å². The number of anilines is 1. The van der Waals surface area contributed by atoms with Crippen LogP contribution in [0.25, 0.3) is 0 Å². The van der Waals surface area contributed by atoms with Crippen LogP contribution in [0, 0.1) is 34.9 Å². The number of aliphatic hydroxyl groups excluding tert-OH is 2. The highest BCUT2D eigenvalue weighted by atomic mass is 19.1. The minimum Gasteiger partial charge on any atom is -0.497 e. The van der Waals surface area contributed by atoms with Crippen LogP contribution in [0.15, 0.2) is 114 Å². The lowest BCUT2D eigenvalue weighted by Crippen LogP contribution is -2.70. The SMILES string of the molecule is C=CCOC12Oc3ccc(OC(=O)Nc4ccc(OC)cc4OC)cc3C3C(CCCCO)C(CCCCO)C=C(C(=NOCC)CC1N(Cc1ccc(F)cc1)C(=O)c1ccc(C#N)cc1)C32. The van der Waals surface area contributed by atoms with Crippen LogP contribution in [0.2, 0.25) is 0 Å². The second-order valence-electron chi connectivity index (χ2n) is 17.0. The van der Waals surface area contributed by atoms with Gasteiger partial charge in [0.15, 0.2) is 0 Å². The molecule has 4 aromatic carbocycles. The Kier molecular flexibility index (Phi) is 16.5. The van der Waals surface area contributed by atoms with Crippen molar-refractivity contribution in [3.05, 3.63) is 137 Å². The molecule has 2 amide bonds. The first-order valence-corrected chi connectivity index (χ1v) is 23.1. The van der Waals surface area contributed by atoms with Crippen molar-refractivity contribution in [1.82, 2.24) is 4.90 Å². The molecule has 2 aliphatic carbocycles. The summed E-state index contributed by atoms with van der Waals surface area (Å²) >= 11 is 0. The zero-order valence-corrected chi connectivity index (χ0v) is 38.7. The summed E-state index contributed by atoms with van der Waals surface area (Å²) in [4.78, 5) is 36.4. The highest BCUT2D eigenvalue weighted by Gasteiger charge is 2.65. The van der Waals surface area contributed by atoms with E-state index in [2.05, 4.69) is 24.0 Å². The summed E-state index contributed by atoms with van der Waals surface area (Å²) in [6.07, 6.45) is 7.25. The number of amides is 2. The Morgan fingerprint density at radius 1 is 0.971 bits per heavy atom. The topological polar surface area (TPSA) is 181 Å². The van der Waals surface area contributed by atoms with E-state index in [0.717, 1.165) is 24.0 Å². The number of nitrogens with zero attached hydrogens (tertiary/aromatic N) is 3. The van der Waals surface area contributed by atoms with Crippen LogP contribution in [0.3, 0.4) is 0 Å². The number of methoxy groups -OCH3 is 2. The van der Waals surface area contributed by atoms with E-state index in [1.165, 1.54) is 26.4 Å². The molecular weight excluding hydrogens is 872 g/mol. The lowest BCUT2D eigenvalue weighted by molar-refractivity contribution is -0.255. The van der Waals surface area contributed by atoms with Gasteiger partial charge >= 0.3 is 6.09 Å². The number of halogens is 1. The number of ether oxygens (including phenoxy) is 5. The van der Waals surface area contributed by atoms with Crippen molar-refractivity contribution in [1.29, 1.82) is 5.26 Å². The van der Waals surface area contributed by atoms with Gasteiger partial charge in [0.05, 0.1) is 49.8 Å². The fourth-order valence-corrected chi connectivity index (χ4v) is 9.96. The van der Waals surface area contributed by atoms with E-state index in [-0.39, 0.29) is 62.9 Å². The fourth-order valence-electron chi connectivity index (χ4n) is 9.96. The van der Waals surface area contributed by atoms with E-state index in [0.29, 0.717) is 71.0 Å². The second-order valence-corrected chi connectivity index (χ2v) is 17.0. The van der Waals surface area contributed by atoms with Crippen molar-refractivity contribution < 1.29 is 52.7 Å². The molecule has 0 aromatic heterocycles. The van der Waals surface area contributed by atoms with Crippen molar-refractivity contribution in [2.45, 2.75) is 76.2 Å². The van der Waals surface area contributed by atoms with Gasteiger partial charge in [-0.25, -0.2) is 9.18 Å². The molecule has 3 aliphatic rings. The van der Waals surface area contributed by atoms with Crippen LogP contribution in [-0.4, -0.2) is 85.3 Å². The van der Waals surface area contributed by atoms with Crippen molar-refractivity contribution in [3.8, 4) is 29.1 Å². The zero-order valence-electron chi connectivity index (χ0n) is 38.7. The maximum Gasteiger partial charge on any atom is 0.417 e. The largest absolute Gasteiger partial charge is 0.497 e. The highest BCUT2D eigenvalue weighted by molar-refractivity contribution is 6.03. The number of allylic oxidation sites excluding steroid dienone is 1. The van der Waals surface area contributed by atoms with E-state index in [4.69, 9.17) is 33.7 Å². The Hall–Kier alpha value is -6.73. The van der Waals surface area contributed by atoms with Gasteiger partial charge in [0, 0.05) is 49.3 Å². The zero-order chi connectivity index (χ0) is 48.2. The lowest BCUT2D eigenvalue weighted by atomic mass is 9.55. The van der Waals surface area contributed by atoms with Gasteiger partial charge in [-0.2, -0.15) is 5.26 Å². The summed E-state index contributed by atoms with van der Waals surface area (Å²) < 4.78 is 45.7. The summed E-state index contributed by atoms with van der Waals surface area (Å²) in [5.74, 6) is -2.04. The molecule has 1 aliphatic heterocycles. The molecule has 68 heavy (non-hydrogen) atoms. The fraction of sp³-hybridized carbons (Fsp3) is 0.396. The number of nitriles is 1. The van der Waals surface area contributed by atoms with Gasteiger partial charge in [0.2, 0.25) is 5.79 Å². The molecule has 1 saturated carbocycles. The third-order valence-electron chi connectivity index (χ3n) is 13.0. The van der Waals surface area contributed by atoms with Crippen LogP contribution in [0.4, 0.5) is 14.9 Å². The third-order valence-corrected chi connectivity index (χ3v) is 13.0. The number of carbonyl (C=O) groups is 2. The van der Waals surface area contributed by atoms with Crippen LogP contribution < -0.4 is 24.3 Å². The molecule has 1 fully saturated rings. The molecule has 0 radical (unpaired) electrons. The first-order valence-electron chi connectivity index (χ1n) is 23.1. The monoisotopic (exact) mass is 930 g/mol. The molecule has 0 bridgehead atoms. The second kappa shape index (κ2) is 22.8. The Bertz CT molecular complexity index is 2510. The van der Waals surface area contributed by atoms with Crippen LogP contribution >= 0.6 is 0 Å². The average molecular weight is 931 g/mol. The molecular formula is C53H59FN4O10. The Morgan fingerprint density at radius 2 is 1.71 bits per heavy atom. The van der Waals surface area contributed by atoms with Gasteiger partial charge in [-0.15, -0.1) is 6.58 Å². The van der Waals surface area contributed by atoms with Gasteiger partial charge in [-0.3, -0.25) is 10.1 Å². The number of hydrogen-bond acceptors (Lipinski definition) is 12. The quantitative estimate of drug-likeness (QED) is 0.0412. The molecule has 7 rings (SSSR count). The number of unbranched alkanes of at least 4 members (excludes halogenated alkanes) is 2. The van der Waals surface area contributed by atoms with E-state index < -0.39 is 35.6 Å². The lowest BCUT2D eigenvalue weighted by Gasteiger charge is -2.60. The number of aliphatic hydroxyl groups is 2. The molecule has 3 N–H and O–H groups in total. The Morgan fingerprint density at radius 3 is 2.38 bits per heavy atom. The number of hydrogen-bond donors (Lipinski definition) is 3. The normalized spacial score (nSPS) is 21.8. The molecule has 6 unspecified atom stereocenters. The van der Waals surface area contributed by atoms with Gasteiger partial charge in [0.1, 0.15) is 41.5 Å². The van der Waals surface area contributed by atoms with Gasteiger partial charge in [-0.1, -0.05) is 42.3 Å². The standard InChI is InChI=1S/C53H59FN4O10/c1-5-27-65-53-48(58(33-35-15-19-38(54)20-16-35)51(61)36-17-13-34(32-55)14-18-36)31-45(57-66-6-2)42-28-37(11-7-9-25-59)41(12-8-10-26-60)49(50(42)53)43-29-40(22-24-46(43)68-53)67-52(62)56-44-23-21-39(63-3)30-47(44)64-4/h5,13-24,28-30,37,41,48-50,59-60H,1,6-12,25-27,31,33H2,2-4H3,(H,56,62).